The minimum atomic E-state index is -0.366. The first-order chi connectivity index (χ1) is 14.9. The fourth-order valence-electron chi connectivity index (χ4n) is 4.01. The van der Waals surface area contributed by atoms with E-state index >= 15 is 0 Å². The molecular weight excluding hydrogens is 394 g/mol. The van der Waals surface area contributed by atoms with Gasteiger partial charge in [0.25, 0.3) is 0 Å². The van der Waals surface area contributed by atoms with Crippen molar-refractivity contribution in [2.24, 2.45) is 11.8 Å². The molecule has 0 bridgehead atoms. The van der Waals surface area contributed by atoms with E-state index in [0.717, 1.165) is 11.1 Å². The van der Waals surface area contributed by atoms with Crippen LogP contribution >= 0.6 is 0 Å². The van der Waals surface area contributed by atoms with Crippen molar-refractivity contribution < 1.29 is 19.1 Å². The van der Waals surface area contributed by atoms with Crippen LogP contribution in [0.4, 0.5) is 0 Å². The lowest BCUT2D eigenvalue weighted by Gasteiger charge is -2.21. The summed E-state index contributed by atoms with van der Waals surface area (Å²) in [7, 11) is 3.21. The fourth-order valence-corrected chi connectivity index (χ4v) is 4.01. The summed E-state index contributed by atoms with van der Waals surface area (Å²) in [6.07, 6.45) is 3.90. The number of nitrogens with zero attached hydrogens (tertiary/aromatic N) is 2. The van der Waals surface area contributed by atoms with Crippen LogP contribution in [-0.4, -0.2) is 49.0 Å². The molecule has 0 spiro atoms. The monoisotopic (exact) mass is 425 g/mol. The van der Waals surface area contributed by atoms with E-state index in [2.05, 4.69) is 10.3 Å². The van der Waals surface area contributed by atoms with Crippen LogP contribution in [0.1, 0.15) is 37.3 Å². The summed E-state index contributed by atoms with van der Waals surface area (Å²) in [5.74, 6) is 1.08. The number of rotatable bonds is 8. The van der Waals surface area contributed by atoms with E-state index in [0.29, 0.717) is 37.6 Å². The Morgan fingerprint density at radius 3 is 2.65 bits per heavy atom. The van der Waals surface area contributed by atoms with Gasteiger partial charge in [-0.1, -0.05) is 26.0 Å². The first-order valence-electron chi connectivity index (χ1n) is 10.6. The van der Waals surface area contributed by atoms with Crippen molar-refractivity contribution in [3.63, 3.8) is 0 Å². The second-order valence-corrected chi connectivity index (χ2v) is 8.30. The van der Waals surface area contributed by atoms with E-state index in [4.69, 9.17) is 9.47 Å². The number of amides is 2. The summed E-state index contributed by atoms with van der Waals surface area (Å²) in [6, 6.07) is 9.37. The van der Waals surface area contributed by atoms with Crippen LogP contribution in [0.15, 0.2) is 42.7 Å². The van der Waals surface area contributed by atoms with E-state index in [1.54, 1.807) is 26.6 Å². The zero-order valence-corrected chi connectivity index (χ0v) is 18.6. The normalized spacial score (nSPS) is 18.2. The molecule has 1 saturated heterocycles. The maximum absolute atomic E-state index is 13.2. The Hall–Kier alpha value is -3.09. The van der Waals surface area contributed by atoms with Gasteiger partial charge in [-0.3, -0.25) is 14.6 Å². The number of carbonyl (C=O) groups is 2. The summed E-state index contributed by atoms with van der Waals surface area (Å²) < 4.78 is 10.9. The molecule has 1 N–H and O–H groups in total. The van der Waals surface area contributed by atoms with Gasteiger partial charge in [0.1, 0.15) is 11.5 Å². The van der Waals surface area contributed by atoms with Crippen LogP contribution in [0, 0.1) is 11.8 Å². The van der Waals surface area contributed by atoms with Crippen LogP contribution in [0.25, 0.3) is 0 Å². The Morgan fingerprint density at radius 1 is 1.19 bits per heavy atom. The zero-order chi connectivity index (χ0) is 22.4. The Labute approximate surface area is 183 Å². The number of pyridine rings is 1. The van der Waals surface area contributed by atoms with Crippen molar-refractivity contribution >= 4 is 11.8 Å². The molecule has 2 heterocycles. The van der Waals surface area contributed by atoms with E-state index in [9.17, 15) is 9.59 Å². The molecule has 2 atom stereocenters. The first kappa shape index (κ1) is 22.6. The molecule has 7 heteroatoms. The van der Waals surface area contributed by atoms with Crippen LogP contribution in [0.2, 0.25) is 0 Å². The standard InChI is InChI=1S/C24H31N3O4/c1-16(2)10-23(28)27-14-20(19-8-7-18(30-3)11-22(19)31-4)21(15-27)24(29)26-13-17-6-5-9-25-12-17/h5-9,11-12,16,20-21H,10,13-15H2,1-4H3,(H,26,29). The predicted molar refractivity (Wildman–Crippen MR) is 118 cm³/mol. The van der Waals surface area contributed by atoms with Crippen molar-refractivity contribution in [3.8, 4) is 11.5 Å². The fraction of sp³-hybridized carbons (Fsp3) is 0.458. The van der Waals surface area contributed by atoms with Gasteiger partial charge in [-0.15, -0.1) is 0 Å². The van der Waals surface area contributed by atoms with Gasteiger partial charge in [0, 0.05) is 56.0 Å². The van der Waals surface area contributed by atoms with Crippen LogP contribution < -0.4 is 14.8 Å². The average molecular weight is 426 g/mol. The molecule has 0 radical (unpaired) electrons. The molecule has 1 aromatic carbocycles. The van der Waals surface area contributed by atoms with E-state index < -0.39 is 0 Å². The molecule has 2 amide bonds. The largest absolute Gasteiger partial charge is 0.497 e. The lowest BCUT2D eigenvalue weighted by molar-refractivity contribution is -0.131. The molecule has 1 aliphatic heterocycles. The number of aromatic nitrogens is 1. The second kappa shape index (κ2) is 10.3. The highest BCUT2D eigenvalue weighted by molar-refractivity contribution is 5.83. The van der Waals surface area contributed by atoms with E-state index in [1.807, 2.05) is 49.1 Å². The maximum Gasteiger partial charge on any atom is 0.225 e. The summed E-state index contributed by atoms with van der Waals surface area (Å²) in [5, 5.41) is 3.02. The average Bonchev–Trinajstić information content (AvgIpc) is 3.22. The molecule has 1 aromatic heterocycles. The number of benzene rings is 1. The zero-order valence-electron chi connectivity index (χ0n) is 18.6. The highest BCUT2D eigenvalue weighted by Gasteiger charge is 2.41. The van der Waals surface area contributed by atoms with Crippen molar-refractivity contribution in [2.45, 2.75) is 32.7 Å². The molecule has 0 saturated carbocycles. The molecule has 0 aliphatic carbocycles. The Bertz CT molecular complexity index is 901. The van der Waals surface area contributed by atoms with Gasteiger partial charge in [0.05, 0.1) is 20.1 Å². The molecule has 2 unspecified atom stereocenters. The van der Waals surface area contributed by atoms with Gasteiger partial charge >= 0.3 is 0 Å². The minimum Gasteiger partial charge on any atom is -0.497 e. The number of hydrogen-bond donors (Lipinski definition) is 1. The quantitative estimate of drug-likeness (QED) is 0.703. The number of nitrogens with one attached hydrogen (secondary N) is 1. The molecule has 1 fully saturated rings. The lowest BCUT2D eigenvalue weighted by atomic mass is 9.87. The molecule has 7 nitrogen and oxygen atoms in total. The number of hydrogen-bond acceptors (Lipinski definition) is 5. The molecule has 1 aliphatic rings. The van der Waals surface area contributed by atoms with Gasteiger partial charge in [-0.25, -0.2) is 0 Å². The third-order valence-electron chi connectivity index (χ3n) is 5.62. The molecular formula is C24H31N3O4. The molecule has 31 heavy (non-hydrogen) atoms. The smallest absolute Gasteiger partial charge is 0.225 e. The van der Waals surface area contributed by atoms with Crippen LogP contribution in [0.5, 0.6) is 11.5 Å². The topological polar surface area (TPSA) is 80.8 Å². The predicted octanol–water partition coefficient (Wildman–Crippen LogP) is 3.00. The first-order valence-corrected chi connectivity index (χ1v) is 10.6. The number of carbonyl (C=O) groups excluding carboxylic acids is 2. The van der Waals surface area contributed by atoms with E-state index in [-0.39, 0.29) is 29.6 Å². The van der Waals surface area contributed by atoms with Gasteiger partial charge < -0.3 is 19.7 Å². The number of likely N-dealkylation sites (tertiary alicyclic amines) is 1. The molecule has 2 aromatic rings. The SMILES string of the molecule is COc1ccc(C2CN(C(=O)CC(C)C)CC2C(=O)NCc2cccnc2)c(OC)c1. The van der Waals surface area contributed by atoms with Gasteiger partial charge in [0.2, 0.25) is 11.8 Å². The molecule has 166 valence electrons. The van der Waals surface area contributed by atoms with Crippen molar-refractivity contribution in [1.82, 2.24) is 15.2 Å². The van der Waals surface area contributed by atoms with Crippen molar-refractivity contribution in [2.75, 3.05) is 27.3 Å². The molecule has 3 rings (SSSR count). The van der Waals surface area contributed by atoms with Crippen molar-refractivity contribution in [3.05, 3.63) is 53.9 Å². The Balaban J connectivity index is 1.84. The highest BCUT2D eigenvalue weighted by atomic mass is 16.5. The van der Waals surface area contributed by atoms with E-state index in [1.165, 1.54) is 0 Å². The minimum absolute atomic E-state index is 0.0772. The lowest BCUT2D eigenvalue weighted by Crippen LogP contribution is -2.35. The summed E-state index contributed by atoms with van der Waals surface area (Å²) in [5.41, 5.74) is 1.84. The van der Waals surface area contributed by atoms with Crippen LogP contribution in [-0.2, 0) is 16.1 Å². The number of methoxy groups -OCH3 is 2. The summed E-state index contributed by atoms with van der Waals surface area (Å²) >= 11 is 0. The second-order valence-electron chi connectivity index (χ2n) is 8.30. The highest BCUT2D eigenvalue weighted by Crippen LogP contribution is 2.39. The summed E-state index contributed by atoms with van der Waals surface area (Å²) in [6.45, 7) is 5.32. The van der Waals surface area contributed by atoms with Gasteiger partial charge in [-0.2, -0.15) is 0 Å². The number of ether oxygens (including phenoxy) is 2. The van der Waals surface area contributed by atoms with Crippen LogP contribution in [0.3, 0.4) is 0 Å². The Morgan fingerprint density at radius 2 is 2.00 bits per heavy atom. The van der Waals surface area contributed by atoms with Gasteiger partial charge in [-0.05, 0) is 23.6 Å². The third-order valence-corrected chi connectivity index (χ3v) is 5.62. The third kappa shape index (κ3) is 5.54. The van der Waals surface area contributed by atoms with Gasteiger partial charge in [0.15, 0.2) is 0 Å². The summed E-state index contributed by atoms with van der Waals surface area (Å²) in [4.78, 5) is 31.9. The van der Waals surface area contributed by atoms with Crippen molar-refractivity contribution in [1.29, 1.82) is 0 Å². The Kier molecular flexibility index (Phi) is 7.50. The maximum atomic E-state index is 13.2.